The van der Waals surface area contributed by atoms with Gasteiger partial charge in [-0.25, -0.2) is 0 Å². The van der Waals surface area contributed by atoms with Gasteiger partial charge in [0.25, 0.3) is 0 Å². The molecule has 1 heterocycles. The highest BCUT2D eigenvalue weighted by molar-refractivity contribution is 6.11. The third-order valence-corrected chi connectivity index (χ3v) is 1.97. The summed E-state index contributed by atoms with van der Waals surface area (Å²) in [5.74, 6) is -0.372. The molecule has 0 aromatic heterocycles. The van der Waals surface area contributed by atoms with Crippen LogP contribution in [0.25, 0.3) is 0 Å². The van der Waals surface area contributed by atoms with E-state index in [4.69, 9.17) is 10.1 Å². The van der Waals surface area contributed by atoms with Crippen LogP contribution >= 0.6 is 0 Å². The fraction of sp³-hybridized carbons (Fsp3) is 0.500. The number of carbonyl (C=O) groups is 1. The maximum atomic E-state index is 10.8. The van der Waals surface area contributed by atoms with Gasteiger partial charge in [-0.3, -0.25) is 4.79 Å². The molecule has 0 fully saturated rings. The van der Waals surface area contributed by atoms with Crippen LogP contribution in [0.4, 0.5) is 0 Å². The van der Waals surface area contributed by atoms with Crippen molar-refractivity contribution in [3.8, 4) is 6.07 Å². The number of nitrogens with zero attached hydrogens (tertiary/aromatic N) is 3. The minimum atomic E-state index is -0.372. The van der Waals surface area contributed by atoms with E-state index in [0.717, 1.165) is 0 Å². The standard InChI is InChI=1S/C10H13N3O3/c1-8(14)16-13-5-3-4-9(7-13)10(6-11)12-15-2/h4H,3,5,7H2,1-2H3. The summed E-state index contributed by atoms with van der Waals surface area (Å²) in [7, 11) is 1.38. The topological polar surface area (TPSA) is 74.9 Å². The first-order valence-electron chi connectivity index (χ1n) is 4.81. The predicted octanol–water partition coefficient (Wildman–Crippen LogP) is 0.623. The third kappa shape index (κ3) is 3.37. The Bertz CT molecular complexity index is 368. The Balaban J connectivity index is 2.69. The Morgan fingerprint density at radius 2 is 2.44 bits per heavy atom. The first-order valence-corrected chi connectivity index (χ1v) is 4.81. The van der Waals surface area contributed by atoms with Crippen LogP contribution in [-0.2, 0) is 14.5 Å². The Morgan fingerprint density at radius 1 is 1.69 bits per heavy atom. The lowest BCUT2D eigenvalue weighted by Crippen LogP contribution is -2.33. The highest BCUT2D eigenvalue weighted by atomic mass is 16.7. The van der Waals surface area contributed by atoms with Crippen molar-refractivity contribution in [3.05, 3.63) is 11.6 Å². The van der Waals surface area contributed by atoms with Crippen LogP contribution in [0.3, 0.4) is 0 Å². The van der Waals surface area contributed by atoms with E-state index in [-0.39, 0.29) is 11.7 Å². The average molecular weight is 223 g/mol. The molecule has 0 saturated carbocycles. The summed E-state index contributed by atoms with van der Waals surface area (Å²) < 4.78 is 0. The van der Waals surface area contributed by atoms with Crippen LogP contribution < -0.4 is 0 Å². The molecule has 0 atom stereocenters. The molecule has 0 aromatic carbocycles. The molecule has 0 bridgehead atoms. The predicted molar refractivity (Wildman–Crippen MR) is 56.1 cm³/mol. The minimum absolute atomic E-state index is 0.208. The molecule has 0 radical (unpaired) electrons. The smallest absolute Gasteiger partial charge is 0.322 e. The van der Waals surface area contributed by atoms with Crippen LogP contribution in [0, 0.1) is 11.3 Å². The van der Waals surface area contributed by atoms with Crippen LogP contribution in [0.1, 0.15) is 13.3 Å². The van der Waals surface area contributed by atoms with Crippen molar-refractivity contribution in [1.29, 1.82) is 5.26 Å². The van der Waals surface area contributed by atoms with Crippen molar-refractivity contribution in [2.75, 3.05) is 20.2 Å². The fourth-order valence-electron chi connectivity index (χ4n) is 1.39. The number of hydrogen-bond acceptors (Lipinski definition) is 6. The van der Waals surface area contributed by atoms with E-state index < -0.39 is 0 Å². The van der Waals surface area contributed by atoms with Crippen molar-refractivity contribution >= 4 is 11.7 Å². The van der Waals surface area contributed by atoms with Gasteiger partial charge in [-0.1, -0.05) is 11.2 Å². The number of hydroxylamine groups is 2. The summed E-state index contributed by atoms with van der Waals surface area (Å²) in [6.07, 6.45) is 2.59. The van der Waals surface area contributed by atoms with E-state index >= 15 is 0 Å². The lowest BCUT2D eigenvalue weighted by atomic mass is 10.1. The average Bonchev–Trinajstić information content (AvgIpc) is 2.25. The lowest BCUT2D eigenvalue weighted by Gasteiger charge is -2.24. The van der Waals surface area contributed by atoms with E-state index in [0.29, 0.717) is 25.1 Å². The fourth-order valence-corrected chi connectivity index (χ4v) is 1.39. The molecule has 0 N–H and O–H groups in total. The second-order valence-corrected chi connectivity index (χ2v) is 3.20. The molecule has 1 rings (SSSR count). The van der Waals surface area contributed by atoms with Crippen molar-refractivity contribution in [2.45, 2.75) is 13.3 Å². The molecule has 0 aliphatic carbocycles. The van der Waals surface area contributed by atoms with Gasteiger partial charge in [-0.2, -0.15) is 5.26 Å². The molecule has 16 heavy (non-hydrogen) atoms. The highest BCUT2D eigenvalue weighted by Gasteiger charge is 2.19. The Kier molecular flexibility index (Phi) is 4.48. The second-order valence-electron chi connectivity index (χ2n) is 3.20. The number of rotatable bonds is 3. The minimum Gasteiger partial charge on any atom is -0.398 e. The van der Waals surface area contributed by atoms with Crippen molar-refractivity contribution in [3.63, 3.8) is 0 Å². The van der Waals surface area contributed by atoms with Crippen LogP contribution in [-0.4, -0.2) is 36.9 Å². The van der Waals surface area contributed by atoms with Gasteiger partial charge in [0.05, 0.1) is 6.54 Å². The molecule has 0 aromatic rings. The molecule has 1 aliphatic heterocycles. The first-order chi connectivity index (χ1) is 7.67. The first kappa shape index (κ1) is 12.2. The maximum absolute atomic E-state index is 10.8. The summed E-state index contributed by atoms with van der Waals surface area (Å²) in [5.41, 5.74) is 0.913. The van der Waals surface area contributed by atoms with Gasteiger partial charge >= 0.3 is 5.97 Å². The monoisotopic (exact) mass is 223 g/mol. The normalized spacial score (nSPS) is 17.3. The van der Waals surface area contributed by atoms with Gasteiger partial charge in [0.2, 0.25) is 0 Å². The van der Waals surface area contributed by atoms with Gasteiger partial charge in [0.1, 0.15) is 13.2 Å². The van der Waals surface area contributed by atoms with Crippen LogP contribution in [0.2, 0.25) is 0 Å². The summed E-state index contributed by atoms with van der Waals surface area (Å²) in [5, 5.41) is 13.9. The van der Waals surface area contributed by atoms with Gasteiger partial charge in [0.15, 0.2) is 5.71 Å². The molecule has 0 spiro atoms. The molecule has 86 valence electrons. The molecular formula is C10H13N3O3. The van der Waals surface area contributed by atoms with E-state index in [1.54, 1.807) is 0 Å². The molecule has 0 saturated heterocycles. The Morgan fingerprint density at radius 3 is 3.00 bits per heavy atom. The second kappa shape index (κ2) is 5.88. The van der Waals surface area contributed by atoms with Crippen LogP contribution in [0.15, 0.2) is 16.8 Å². The van der Waals surface area contributed by atoms with Crippen molar-refractivity contribution < 1.29 is 14.5 Å². The van der Waals surface area contributed by atoms with Gasteiger partial charge in [-0.05, 0) is 6.42 Å². The number of nitriles is 1. The Labute approximate surface area is 93.7 Å². The largest absolute Gasteiger partial charge is 0.398 e. The number of hydrogen-bond donors (Lipinski definition) is 0. The highest BCUT2D eigenvalue weighted by Crippen LogP contribution is 2.11. The molecular weight excluding hydrogens is 210 g/mol. The zero-order valence-electron chi connectivity index (χ0n) is 9.27. The van der Waals surface area contributed by atoms with Gasteiger partial charge < -0.3 is 9.68 Å². The molecule has 0 amide bonds. The van der Waals surface area contributed by atoms with E-state index in [2.05, 4.69) is 9.99 Å². The third-order valence-electron chi connectivity index (χ3n) is 1.97. The quantitative estimate of drug-likeness (QED) is 0.518. The van der Waals surface area contributed by atoms with Gasteiger partial charge in [0, 0.05) is 19.0 Å². The lowest BCUT2D eigenvalue weighted by molar-refractivity contribution is -0.186. The molecule has 0 unspecified atom stereocenters. The SMILES string of the molecule is CON=C(C#N)C1=CCCN(OC(C)=O)C1. The maximum Gasteiger partial charge on any atom is 0.322 e. The zero-order valence-corrected chi connectivity index (χ0v) is 9.27. The Hall–Kier alpha value is -1.87. The van der Waals surface area contributed by atoms with Gasteiger partial charge in [-0.15, -0.1) is 5.06 Å². The molecule has 6 heteroatoms. The van der Waals surface area contributed by atoms with E-state index in [9.17, 15) is 4.79 Å². The summed E-state index contributed by atoms with van der Waals surface area (Å²) >= 11 is 0. The molecule has 6 nitrogen and oxygen atoms in total. The van der Waals surface area contributed by atoms with Crippen molar-refractivity contribution in [1.82, 2.24) is 5.06 Å². The number of oxime groups is 1. The van der Waals surface area contributed by atoms with E-state index in [1.165, 1.54) is 19.1 Å². The summed E-state index contributed by atoms with van der Waals surface area (Å²) in [6.45, 7) is 2.32. The molecule has 1 aliphatic rings. The van der Waals surface area contributed by atoms with E-state index in [1.807, 2.05) is 12.1 Å². The zero-order chi connectivity index (χ0) is 12.0. The van der Waals surface area contributed by atoms with Crippen LogP contribution in [0.5, 0.6) is 0 Å². The van der Waals surface area contributed by atoms with Crippen molar-refractivity contribution in [2.24, 2.45) is 5.16 Å². The number of carbonyl (C=O) groups excluding carboxylic acids is 1. The summed E-state index contributed by atoms with van der Waals surface area (Å²) in [4.78, 5) is 20.3. The summed E-state index contributed by atoms with van der Waals surface area (Å²) in [6, 6.07) is 1.94.